The highest BCUT2D eigenvalue weighted by Gasteiger charge is 2.19. The Labute approximate surface area is 107 Å². The van der Waals surface area contributed by atoms with Gasteiger partial charge in [-0.15, -0.1) is 0 Å². The predicted molar refractivity (Wildman–Crippen MR) is 69.4 cm³/mol. The molecular weight excluding hydrogens is 235 g/mol. The van der Waals surface area contributed by atoms with Crippen LogP contribution in [0.15, 0.2) is 18.2 Å². The molecule has 1 aromatic rings. The fourth-order valence-electron chi connectivity index (χ4n) is 1.43. The number of amides is 1. The maximum absolute atomic E-state index is 13.5. The molecule has 18 heavy (non-hydrogen) atoms. The molecule has 0 radical (unpaired) electrons. The molecule has 1 aromatic carbocycles. The van der Waals surface area contributed by atoms with E-state index in [1.807, 2.05) is 13.8 Å². The SMILES string of the molecule is CNc1c(F)cccc1C(=O)NCC(C)(C)OC. The van der Waals surface area contributed by atoms with Gasteiger partial charge in [0.2, 0.25) is 0 Å². The second-order valence-corrected chi connectivity index (χ2v) is 4.56. The Morgan fingerprint density at radius 1 is 1.44 bits per heavy atom. The van der Waals surface area contributed by atoms with Gasteiger partial charge in [-0.3, -0.25) is 4.79 Å². The molecule has 0 unspecified atom stereocenters. The van der Waals surface area contributed by atoms with Crippen LogP contribution in [0.1, 0.15) is 24.2 Å². The number of carbonyl (C=O) groups excluding carboxylic acids is 1. The van der Waals surface area contributed by atoms with Crippen molar-refractivity contribution in [2.24, 2.45) is 0 Å². The minimum atomic E-state index is -0.456. The molecule has 0 spiro atoms. The number of hydrogen-bond donors (Lipinski definition) is 2. The van der Waals surface area contributed by atoms with Crippen LogP contribution in [0.5, 0.6) is 0 Å². The molecule has 0 fully saturated rings. The normalized spacial score (nSPS) is 11.2. The van der Waals surface area contributed by atoms with Crippen LogP contribution < -0.4 is 10.6 Å². The van der Waals surface area contributed by atoms with Crippen LogP contribution in [0, 0.1) is 5.82 Å². The lowest BCUT2D eigenvalue weighted by molar-refractivity contribution is 0.0229. The molecule has 5 heteroatoms. The number of ether oxygens (including phenoxy) is 1. The van der Waals surface area contributed by atoms with E-state index in [-0.39, 0.29) is 17.2 Å². The average molecular weight is 254 g/mol. The van der Waals surface area contributed by atoms with Crippen molar-refractivity contribution in [3.8, 4) is 0 Å². The summed E-state index contributed by atoms with van der Waals surface area (Å²) in [4.78, 5) is 12.0. The topological polar surface area (TPSA) is 50.4 Å². The predicted octanol–water partition coefficient (Wildman–Crippen LogP) is 2.02. The van der Waals surface area contributed by atoms with Crippen molar-refractivity contribution in [1.82, 2.24) is 5.32 Å². The summed E-state index contributed by atoms with van der Waals surface area (Å²) < 4.78 is 18.7. The Bertz CT molecular complexity index is 433. The van der Waals surface area contributed by atoms with Crippen molar-refractivity contribution in [3.05, 3.63) is 29.6 Å². The van der Waals surface area contributed by atoms with Gasteiger partial charge in [0, 0.05) is 20.7 Å². The molecule has 4 nitrogen and oxygen atoms in total. The fourth-order valence-corrected chi connectivity index (χ4v) is 1.43. The first-order valence-electron chi connectivity index (χ1n) is 5.71. The molecule has 2 N–H and O–H groups in total. The van der Waals surface area contributed by atoms with Crippen LogP contribution >= 0.6 is 0 Å². The number of benzene rings is 1. The van der Waals surface area contributed by atoms with E-state index in [9.17, 15) is 9.18 Å². The number of hydrogen-bond acceptors (Lipinski definition) is 3. The minimum Gasteiger partial charge on any atom is -0.385 e. The Balaban J connectivity index is 2.82. The highest BCUT2D eigenvalue weighted by atomic mass is 19.1. The highest BCUT2D eigenvalue weighted by molar-refractivity contribution is 5.99. The molecule has 0 aliphatic carbocycles. The lowest BCUT2D eigenvalue weighted by Crippen LogP contribution is -2.39. The third-order valence-corrected chi connectivity index (χ3v) is 2.74. The lowest BCUT2D eigenvalue weighted by Gasteiger charge is -2.23. The van der Waals surface area contributed by atoms with Crippen LogP contribution in [0.3, 0.4) is 0 Å². The molecule has 1 amide bonds. The second kappa shape index (κ2) is 5.82. The number of para-hydroxylation sites is 1. The molecule has 0 heterocycles. The zero-order valence-corrected chi connectivity index (χ0v) is 11.1. The zero-order chi connectivity index (χ0) is 13.8. The highest BCUT2D eigenvalue weighted by Crippen LogP contribution is 2.19. The van der Waals surface area contributed by atoms with Crippen molar-refractivity contribution in [2.45, 2.75) is 19.4 Å². The van der Waals surface area contributed by atoms with Crippen LogP contribution in [0.2, 0.25) is 0 Å². The molecule has 1 rings (SSSR count). The van der Waals surface area contributed by atoms with Crippen molar-refractivity contribution in [3.63, 3.8) is 0 Å². The summed E-state index contributed by atoms with van der Waals surface area (Å²) in [6.07, 6.45) is 0. The van der Waals surface area contributed by atoms with Gasteiger partial charge in [-0.25, -0.2) is 4.39 Å². The summed E-state index contributed by atoms with van der Waals surface area (Å²) in [5, 5.41) is 5.41. The van der Waals surface area contributed by atoms with Crippen molar-refractivity contribution in [2.75, 3.05) is 26.0 Å². The minimum absolute atomic E-state index is 0.199. The Morgan fingerprint density at radius 3 is 2.67 bits per heavy atom. The summed E-state index contributed by atoms with van der Waals surface area (Å²) >= 11 is 0. The number of anilines is 1. The summed E-state index contributed by atoms with van der Waals surface area (Å²) in [5.74, 6) is -0.778. The molecule has 0 atom stereocenters. The van der Waals surface area contributed by atoms with Crippen LogP contribution in [-0.4, -0.2) is 32.2 Å². The quantitative estimate of drug-likeness (QED) is 0.845. The van der Waals surface area contributed by atoms with Crippen LogP contribution in [0.4, 0.5) is 10.1 Å². The van der Waals surface area contributed by atoms with Gasteiger partial charge in [0.15, 0.2) is 0 Å². The average Bonchev–Trinajstić information content (AvgIpc) is 2.35. The fraction of sp³-hybridized carbons (Fsp3) is 0.462. The van der Waals surface area contributed by atoms with Crippen molar-refractivity contribution < 1.29 is 13.9 Å². The van der Waals surface area contributed by atoms with Gasteiger partial charge in [-0.1, -0.05) is 6.07 Å². The molecule has 0 aliphatic rings. The number of carbonyl (C=O) groups is 1. The monoisotopic (exact) mass is 254 g/mol. The second-order valence-electron chi connectivity index (χ2n) is 4.56. The smallest absolute Gasteiger partial charge is 0.253 e. The molecule has 0 saturated carbocycles. The molecule has 0 aliphatic heterocycles. The largest absolute Gasteiger partial charge is 0.385 e. The summed E-state index contributed by atoms with van der Waals surface area (Å²) in [5.41, 5.74) is 0.0256. The zero-order valence-electron chi connectivity index (χ0n) is 11.1. The van der Waals surface area contributed by atoms with Crippen LogP contribution in [0.25, 0.3) is 0 Å². The molecule has 0 aromatic heterocycles. The number of nitrogens with one attached hydrogen (secondary N) is 2. The van der Waals surface area contributed by atoms with Gasteiger partial charge in [0.05, 0.1) is 16.9 Å². The van der Waals surface area contributed by atoms with E-state index >= 15 is 0 Å². The first kappa shape index (κ1) is 14.4. The summed E-state index contributed by atoms with van der Waals surface area (Å²) in [6, 6.07) is 4.39. The third kappa shape index (κ3) is 3.43. The van der Waals surface area contributed by atoms with E-state index in [1.165, 1.54) is 12.1 Å². The van der Waals surface area contributed by atoms with Crippen LogP contribution in [-0.2, 0) is 4.74 Å². The number of methoxy groups -OCH3 is 1. The molecule has 0 saturated heterocycles. The Kier molecular flexibility index (Phi) is 4.67. The molecular formula is C13H19FN2O2. The van der Waals surface area contributed by atoms with E-state index < -0.39 is 11.4 Å². The summed E-state index contributed by atoms with van der Waals surface area (Å²) in [6.45, 7) is 4.07. The first-order valence-corrected chi connectivity index (χ1v) is 5.71. The number of rotatable bonds is 5. The Morgan fingerprint density at radius 2 is 2.11 bits per heavy atom. The van der Waals surface area contributed by atoms with Crippen molar-refractivity contribution in [1.29, 1.82) is 0 Å². The molecule has 0 bridgehead atoms. The van der Waals surface area contributed by atoms with E-state index in [0.717, 1.165) is 0 Å². The standard InChI is InChI=1S/C13H19FN2O2/c1-13(2,18-4)8-16-12(17)9-6-5-7-10(14)11(9)15-3/h5-7,15H,8H2,1-4H3,(H,16,17). The van der Waals surface area contributed by atoms with E-state index in [1.54, 1.807) is 20.2 Å². The van der Waals surface area contributed by atoms with E-state index in [2.05, 4.69) is 10.6 Å². The maximum Gasteiger partial charge on any atom is 0.253 e. The van der Waals surface area contributed by atoms with Gasteiger partial charge in [0.1, 0.15) is 5.82 Å². The Hall–Kier alpha value is -1.62. The maximum atomic E-state index is 13.5. The number of halogens is 1. The van der Waals surface area contributed by atoms with Crippen molar-refractivity contribution >= 4 is 11.6 Å². The van der Waals surface area contributed by atoms with Gasteiger partial charge in [0.25, 0.3) is 5.91 Å². The third-order valence-electron chi connectivity index (χ3n) is 2.74. The van der Waals surface area contributed by atoms with Gasteiger partial charge < -0.3 is 15.4 Å². The first-order chi connectivity index (χ1) is 8.41. The summed E-state index contributed by atoms with van der Waals surface area (Å²) in [7, 11) is 3.15. The van der Waals surface area contributed by atoms with E-state index in [0.29, 0.717) is 6.54 Å². The molecule has 100 valence electrons. The van der Waals surface area contributed by atoms with Gasteiger partial charge in [-0.05, 0) is 26.0 Å². The van der Waals surface area contributed by atoms with E-state index in [4.69, 9.17) is 4.74 Å². The lowest BCUT2D eigenvalue weighted by atomic mass is 10.1. The van der Waals surface area contributed by atoms with Gasteiger partial charge in [-0.2, -0.15) is 0 Å². The van der Waals surface area contributed by atoms with Gasteiger partial charge >= 0.3 is 0 Å².